The maximum atomic E-state index is 12.6. The third-order valence-corrected chi connectivity index (χ3v) is 7.27. The molecule has 30 heavy (non-hydrogen) atoms. The van der Waals surface area contributed by atoms with E-state index in [0.29, 0.717) is 18.3 Å². The molecule has 0 unspecified atom stereocenters. The molecule has 0 aliphatic heterocycles. The number of hydrogen-bond acceptors (Lipinski definition) is 5. The summed E-state index contributed by atoms with van der Waals surface area (Å²) in [5.74, 6) is 1.91. The Balaban J connectivity index is 1.43. The zero-order chi connectivity index (χ0) is 21.5. The van der Waals surface area contributed by atoms with Gasteiger partial charge in [0.05, 0.1) is 0 Å². The number of carbonyl (C=O) groups excluding carboxylic acids is 1. The average Bonchev–Trinajstić information content (AvgIpc) is 3.13. The number of aromatic nitrogens is 2. The maximum absolute atomic E-state index is 12.6. The second-order valence-corrected chi connectivity index (χ2v) is 10.5. The van der Waals surface area contributed by atoms with Crippen LogP contribution in [0.3, 0.4) is 0 Å². The number of thiazole rings is 1. The van der Waals surface area contributed by atoms with E-state index in [2.05, 4.69) is 61.2 Å². The number of fused-ring (bicyclic) bond motifs is 1. The number of amides is 1. The van der Waals surface area contributed by atoms with E-state index < -0.39 is 0 Å². The summed E-state index contributed by atoms with van der Waals surface area (Å²) in [6, 6.07) is 10.3. The number of hydrogen-bond donors (Lipinski definition) is 1. The van der Waals surface area contributed by atoms with E-state index in [0.717, 1.165) is 45.4 Å². The third kappa shape index (κ3) is 6.05. The van der Waals surface area contributed by atoms with Crippen LogP contribution in [0, 0.1) is 0 Å². The second kappa shape index (κ2) is 10.9. The van der Waals surface area contributed by atoms with E-state index in [4.69, 9.17) is 0 Å². The van der Waals surface area contributed by atoms with Gasteiger partial charge in [0.25, 0.3) is 0 Å². The maximum Gasteiger partial charge on any atom is 0.224 e. The Morgan fingerprint density at radius 2 is 1.77 bits per heavy atom. The fourth-order valence-corrected chi connectivity index (χ4v) is 5.48. The SMILES string of the molecule is CC(C)c1cccc(C(C)C)c1NC(=O)CCCCCSc1nc2cccnc2s1. The van der Waals surface area contributed by atoms with Gasteiger partial charge in [0, 0.05) is 24.1 Å². The number of para-hydroxylation sites is 1. The van der Waals surface area contributed by atoms with Gasteiger partial charge in [0.2, 0.25) is 5.91 Å². The zero-order valence-electron chi connectivity index (χ0n) is 18.3. The molecule has 1 amide bonds. The molecule has 0 bridgehead atoms. The Bertz CT molecular complexity index is 922. The molecule has 2 aromatic heterocycles. The minimum Gasteiger partial charge on any atom is -0.326 e. The Hall–Kier alpha value is -1.92. The molecule has 4 nitrogen and oxygen atoms in total. The van der Waals surface area contributed by atoms with Crippen LogP contribution in [0.1, 0.15) is 76.3 Å². The minimum absolute atomic E-state index is 0.120. The number of unbranched alkanes of at least 4 members (excludes halogenated alkanes) is 2. The topological polar surface area (TPSA) is 54.9 Å². The first-order valence-corrected chi connectivity index (χ1v) is 12.5. The average molecular weight is 442 g/mol. The van der Waals surface area contributed by atoms with Gasteiger partial charge in [-0.2, -0.15) is 0 Å². The minimum atomic E-state index is 0.120. The predicted octanol–water partition coefficient (Wildman–Crippen LogP) is 7.23. The van der Waals surface area contributed by atoms with Crippen molar-refractivity contribution < 1.29 is 4.79 Å². The van der Waals surface area contributed by atoms with Crippen molar-refractivity contribution in [3.05, 3.63) is 47.7 Å². The molecule has 2 heterocycles. The van der Waals surface area contributed by atoms with Gasteiger partial charge in [-0.1, -0.05) is 75.4 Å². The molecule has 0 aliphatic carbocycles. The molecule has 0 saturated heterocycles. The molecule has 0 atom stereocenters. The van der Waals surface area contributed by atoms with Gasteiger partial charge in [-0.3, -0.25) is 4.79 Å². The van der Waals surface area contributed by atoms with E-state index in [1.807, 2.05) is 18.3 Å². The summed E-state index contributed by atoms with van der Waals surface area (Å²) in [6.07, 6.45) is 5.42. The van der Waals surface area contributed by atoms with Crippen LogP contribution in [-0.2, 0) is 4.79 Å². The van der Waals surface area contributed by atoms with Gasteiger partial charge in [-0.15, -0.1) is 0 Å². The highest BCUT2D eigenvalue weighted by molar-refractivity contribution is 8.01. The lowest BCUT2D eigenvalue weighted by Crippen LogP contribution is -2.15. The molecule has 1 N–H and O–H groups in total. The number of benzene rings is 1. The van der Waals surface area contributed by atoms with Crippen LogP contribution >= 0.6 is 23.1 Å². The molecule has 0 aliphatic rings. The summed E-state index contributed by atoms with van der Waals surface area (Å²) < 4.78 is 1.08. The number of pyridine rings is 1. The van der Waals surface area contributed by atoms with E-state index in [1.54, 1.807) is 23.1 Å². The Morgan fingerprint density at radius 1 is 1.03 bits per heavy atom. The largest absolute Gasteiger partial charge is 0.326 e. The van der Waals surface area contributed by atoms with Gasteiger partial charge in [-0.25, -0.2) is 9.97 Å². The summed E-state index contributed by atoms with van der Waals surface area (Å²) in [6.45, 7) is 8.70. The number of nitrogens with zero attached hydrogens (tertiary/aromatic N) is 2. The molecule has 3 aromatic rings. The molecule has 0 spiro atoms. The highest BCUT2D eigenvalue weighted by Crippen LogP contribution is 2.32. The van der Waals surface area contributed by atoms with Crippen molar-refractivity contribution >= 4 is 45.0 Å². The Labute approximate surface area is 187 Å². The standard InChI is InChI=1S/C24H31N3OS2/c1-16(2)18-10-8-11-19(17(3)4)22(18)27-21(28)13-6-5-7-15-29-24-26-20-12-9-14-25-23(20)30-24/h8-12,14,16-17H,5-7,13,15H2,1-4H3,(H,27,28). The van der Waals surface area contributed by atoms with Crippen molar-refractivity contribution in [3.63, 3.8) is 0 Å². The van der Waals surface area contributed by atoms with Gasteiger partial charge < -0.3 is 5.32 Å². The van der Waals surface area contributed by atoms with E-state index >= 15 is 0 Å². The molecule has 6 heteroatoms. The molecule has 3 rings (SSSR count). The quantitative estimate of drug-likeness (QED) is 0.266. The first-order valence-electron chi connectivity index (χ1n) is 10.7. The summed E-state index contributed by atoms with van der Waals surface area (Å²) in [5.41, 5.74) is 4.43. The van der Waals surface area contributed by atoms with E-state index in [1.165, 1.54) is 11.1 Å². The van der Waals surface area contributed by atoms with Gasteiger partial charge in [0.1, 0.15) is 10.3 Å². The van der Waals surface area contributed by atoms with Gasteiger partial charge >= 0.3 is 0 Å². The van der Waals surface area contributed by atoms with Crippen LogP contribution in [0.25, 0.3) is 10.3 Å². The van der Waals surface area contributed by atoms with Crippen LogP contribution in [0.5, 0.6) is 0 Å². The smallest absolute Gasteiger partial charge is 0.224 e. The van der Waals surface area contributed by atoms with E-state index in [-0.39, 0.29) is 5.91 Å². The molecule has 0 radical (unpaired) electrons. The van der Waals surface area contributed by atoms with Crippen LogP contribution in [0.15, 0.2) is 40.9 Å². The summed E-state index contributed by atoms with van der Waals surface area (Å²) >= 11 is 3.44. The van der Waals surface area contributed by atoms with Crippen molar-refractivity contribution in [2.24, 2.45) is 0 Å². The fourth-order valence-electron chi connectivity index (χ4n) is 3.43. The van der Waals surface area contributed by atoms with Crippen molar-refractivity contribution in [2.45, 2.75) is 69.6 Å². The van der Waals surface area contributed by atoms with E-state index in [9.17, 15) is 4.79 Å². The highest BCUT2D eigenvalue weighted by Gasteiger charge is 2.15. The summed E-state index contributed by atoms with van der Waals surface area (Å²) in [4.78, 5) is 22.5. The lowest BCUT2D eigenvalue weighted by molar-refractivity contribution is -0.116. The monoisotopic (exact) mass is 441 g/mol. The number of anilines is 1. The van der Waals surface area contributed by atoms with Crippen LogP contribution < -0.4 is 5.32 Å². The number of nitrogens with one attached hydrogen (secondary N) is 1. The first-order chi connectivity index (χ1) is 14.5. The predicted molar refractivity (Wildman–Crippen MR) is 130 cm³/mol. The first kappa shape index (κ1) is 22.8. The summed E-state index contributed by atoms with van der Waals surface area (Å²) in [5, 5.41) is 3.21. The normalized spacial score (nSPS) is 11.5. The van der Waals surface area contributed by atoms with Gasteiger partial charge in [-0.05, 0) is 47.9 Å². The fraction of sp³-hybridized carbons (Fsp3) is 0.458. The van der Waals surface area contributed by atoms with Gasteiger partial charge in [0.15, 0.2) is 4.34 Å². The number of rotatable bonds is 10. The second-order valence-electron chi connectivity index (χ2n) is 8.14. The molecule has 0 saturated carbocycles. The number of carbonyl (C=O) groups is 1. The summed E-state index contributed by atoms with van der Waals surface area (Å²) in [7, 11) is 0. The molecular formula is C24H31N3OS2. The van der Waals surface area contributed by atoms with Crippen LogP contribution in [-0.4, -0.2) is 21.6 Å². The lowest BCUT2D eigenvalue weighted by atomic mass is 9.92. The zero-order valence-corrected chi connectivity index (χ0v) is 19.9. The molecule has 160 valence electrons. The van der Waals surface area contributed by atoms with Crippen molar-refractivity contribution in [3.8, 4) is 0 Å². The van der Waals surface area contributed by atoms with Crippen LogP contribution in [0.4, 0.5) is 5.69 Å². The molecule has 1 aromatic carbocycles. The van der Waals surface area contributed by atoms with Crippen molar-refractivity contribution in [1.29, 1.82) is 0 Å². The lowest BCUT2D eigenvalue weighted by Gasteiger charge is -2.20. The Morgan fingerprint density at radius 3 is 2.43 bits per heavy atom. The third-order valence-electron chi connectivity index (χ3n) is 5.06. The Kier molecular flexibility index (Phi) is 8.28. The van der Waals surface area contributed by atoms with Crippen molar-refractivity contribution in [2.75, 3.05) is 11.1 Å². The molecule has 0 fully saturated rings. The van der Waals surface area contributed by atoms with Crippen LogP contribution in [0.2, 0.25) is 0 Å². The van der Waals surface area contributed by atoms with Crippen molar-refractivity contribution in [1.82, 2.24) is 9.97 Å². The highest BCUT2D eigenvalue weighted by atomic mass is 32.2. The number of thioether (sulfide) groups is 1. The molecular weight excluding hydrogens is 410 g/mol.